The summed E-state index contributed by atoms with van der Waals surface area (Å²) in [7, 11) is 3.83. The molecule has 0 radical (unpaired) electrons. The van der Waals surface area contributed by atoms with E-state index in [0.29, 0.717) is 0 Å². The summed E-state index contributed by atoms with van der Waals surface area (Å²) in [5, 5.41) is 6.06. The molecule has 0 saturated heterocycles. The van der Waals surface area contributed by atoms with Crippen LogP contribution < -0.4 is 4.90 Å². The largest absolute Gasteiger partial charge is 0.311 e. The number of benzene rings is 4. The highest BCUT2D eigenvalue weighted by atomic mass is 15.4. The molecule has 0 N–H and O–H groups in total. The zero-order chi connectivity index (χ0) is 22.2. The number of anilines is 3. The van der Waals surface area contributed by atoms with Gasteiger partial charge < -0.3 is 9.91 Å². The first-order valence-corrected chi connectivity index (χ1v) is 10.7. The predicted octanol–water partition coefficient (Wildman–Crippen LogP) is 7.22. The molecule has 158 valence electrons. The van der Waals surface area contributed by atoms with E-state index < -0.39 is 0 Å². The minimum absolute atomic E-state index is 1.09. The van der Waals surface area contributed by atoms with Crippen molar-refractivity contribution in [2.45, 2.75) is 0 Å². The van der Waals surface area contributed by atoms with Gasteiger partial charge in [0.05, 0.1) is 6.21 Å². The van der Waals surface area contributed by atoms with Crippen LogP contribution in [0.2, 0.25) is 0 Å². The van der Waals surface area contributed by atoms with Crippen molar-refractivity contribution in [1.29, 1.82) is 0 Å². The molecule has 0 unspecified atom stereocenters. The number of hydrazone groups is 1. The van der Waals surface area contributed by atoms with Gasteiger partial charge in [-0.2, -0.15) is 5.10 Å². The van der Waals surface area contributed by atoms with Gasteiger partial charge in [0, 0.05) is 31.2 Å². The predicted molar refractivity (Wildman–Crippen MR) is 138 cm³/mol. The van der Waals surface area contributed by atoms with Crippen LogP contribution in [0.25, 0.3) is 12.2 Å². The highest BCUT2D eigenvalue weighted by Gasteiger charge is 2.11. The fourth-order valence-corrected chi connectivity index (χ4v) is 3.40. The van der Waals surface area contributed by atoms with Crippen LogP contribution in [0.1, 0.15) is 16.7 Å². The lowest BCUT2D eigenvalue weighted by atomic mass is 10.1. The molecule has 0 heterocycles. The highest BCUT2D eigenvalue weighted by Crippen LogP contribution is 2.34. The van der Waals surface area contributed by atoms with Crippen molar-refractivity contribution in [2.75, 3.05) is 19.0 Å². The summed E-state index contributed by atoms with van der Waals surface area (Å²) in [6.45, 7) is 0. The highest BCUT2D eigenvalue weighted by molar-refractivity contribution is 5.81. The van der Waals surface area contributed by atoms with Gasteiger partial charge in [-0.3, -0.25) is 0 Å². The lowest BCUT2D eigenvalue weighted by Crippen LogP contribution is -2.09. The zero-order valence-electron chi connectivity index (χ0n) is 18.5. The van der Waals surface area contributed by atoms with Crippen LogP contribution in [0.15, 0.2) is 114 Å². The third-order valence-electron chi connectivity index (χ3n) is 5.02. The molecule has 3 nitrogen and oxygen atoms in total. The molecular formula is C29H27N3. The Labute approximate surface area is 190 Å². The normalized spacial score (nSPS) is 11.2. The van der Waals surface area contributed by atoms with Gasteiger partial charge >= 0.3 is 0 Å². The van der Waals surface area contributed by atoms with E-state index in [9.17, 15) is 0 Å². The summed E-state index contributed by atoms with van der Waals surface area (Å²) >= 11 is 0. The maximum atomic E-state index is 4.27. The second-order valence-electron chi connectivity index (χ2n) is 7.69. The van der Waals surface area contributed by atoms with Crippen LogP contribution in [0.5, 0.6) is 0 Å². The average molecular weight is 418 g/mol. The van der Waals surface area contributed by atoms with Gasteiger partial charge in [-0.25, -0.2) is 0 Å². The van der Waals surface area contributed by atoms with E-state index in [2.05, 4.69) is 119 Å². The molecule has 0 atom stereocenters. The number of para-hydroxylation sites is 2. The molecule has 3 heteroatoms. The molecule has 0 aliphatic carbocycles. The number of nitrogens with zero attached hydrogens (tertiary/aromatic N) is 3. The molecule has 0 saturated carbocycles. The summed E-state index contributed by atoms with van der Waals surface area (Å²) in [4.78, 5) is 2.27. The van der Waals surface area contributed by atoms with Crippen molar-refractivity contribution >= 4 is 35.4 Å². The molecule has 0 spiro atoms. The standard InChI is InChI=1S/C29H27N3/c1-31(2)30-23-26-17-15-24(16-18-26)13-14-25-19-21-29(22-20-25)32(27-9-5-3-6-10-27)28-11-7-4-8-12-28/h3-23H,1-2H3/b14-13+,30-23-. The van der Waals surface area contributed by atoms with Gasteiger partial charge in [0.15, 0.2) is 0 Å². The van der Waals surface area contributed by atoms with Crippen LogP contribution in [0.4, 0.5) is 17.1 Å². The minimum atomic E-state index is 1.09. The SMILES string of the molecule is CN(C)/N=C\c1ccc(/C=C/c2ccc(N(c3ccccc3)c3ccccc3)cc2)cc1. The van der Waals surface area contributed by atoms with E-state index >= 15 is 0 Å². The fraction of sp³-hybridized carbons (Fsp3) is 0.0690. The van der Waals surface area contributed by atoms with Gasteiger partial charge in [0.1, 0.15) is 0 Å². The summed E-state index contributed by atoms with van der Waals surface area (Å²) in [6.07, 6.45) is 6.13. The number of rotatable bonds is 7. The fourth-order valence-electron chi connectivity index (χ4n) is 3.40. The van der Waals surface area contributed by atoms with Gasteiger partial charge in [-0.15, -0.1) is 0 Å². The zero-order valence-corrected chi connectivity index (χ0v) is 18.5. The van der Waals surface area contributed by atoms with Crippen LogP contribution >= 0.6 is 0 Å². The molecule has 4 rings (SSSR count). The van der Waals surface area contributed by atoms with Crippen molar-refractivity contribution in [3.63, 3.8) is 0 Å². The molecule has 0 aliphatic rings. The molecular weight excluding hydrogens is 390 g/mol. The second kappa shape index (κ2) is 10.3. The Morgan fingerprint density at radius 2 is 0.906 bits per heavy atom. The molecule has 0 fully saturated rings. The Bertz CT molecular complexity index is 1120. The van der Waals surface area contributed by atoms with E-state index in [1.54, 1.807) is 5.01 Å². The Morgan fingerprint density at radius 3 is 1.38 bits per heavy atom. The molecule has 0 bridgehead atoms. The third kappa shape index (κ3) is 5.52. The maximum absolute atomic E-state index is 4.27. The number of hydrogen-bond donors (Lipinski definition) is 0. The van der Waals surface area contributed by atoms with Crippen molar-refractivity contribution < 1.29 is 0 Å². The molecule has 4 aromatic carbocycles. The molecule has 0 aliphatic heterocycles. The van der Waals surface area contributed by atoms with Gasteiger partial charge in [0.2, 0.25) is 0 Å². The van der Waals surface area contributed by atoms with Crippen LogP contribution in [0.3, 0.4) is 0 Å². The lowest BCUT2D eigenvalue weighted by molar-refractivity contribution is 0.440. The van der Waals surface area contributed by atoms with E-state index in [1.807, 2.05) is 32.4 Å². The van der Waals surface area contributed by atoms with Crippen LogP contribution in [-0.2, 0) is 0 Å². The number of hydrogen-bond acceptors (Lipinski definition) is 3. The second-order valence-corrected chi connectivity index (χ2v) is 7.69. The maximum Gasteiger partial charge on any atom is 0.0542 e. The monoisotopic (exact) mass is 417 g/mol. The first-order chi connectivity index (χ1) is 15.7. The third-order valence-corrected chi connectivity index (χ3v) is 5.02. The van der Waals surface area contributed by atoms with Crippen molar-refractivity contribution in [3.05, 3.63) is 126 Å². The summed E-state index contributed by atoms with van der Waals surface area (Å²) in [5.74, 6) is 0. The van der Waals surface area contributed by atoms with Gasteiger partial charge in [0.25, 0.3) is 0 Å². The van der Waals surface area contributed by atoms with Crippen molar-refractivity contribution in [2.24, 2.45) is 5.10 Å². The Hall–Kier alpha value is -4.11. The van der Waals surface area contributed by atoms with E-state index in [0.717, 1.165) is 33.8 Å². The quantitative estimate of drug-likeness (QED) is 0.179. The van der Waals surface area contributed by atoms with Gasteiger partial charge in [-0.1, -0.05) is 84.9 Å². The summed E-state index contributed by atoms with van der Waals surface area (Å²) < 4.78 is 0. The molecule has 4 aromatic rings. The van der Waals surface area contributed by atoms with Crippen LogP contribution in [-0.4, -0.2) is 25.3 Å². The topological polar surface area (TPSA) is 18.8 Å². The van der Waals surface area contributed by atoms with E-state index in [1.165, 1.54) is 0 Å². The summed E-state index contributed by atoms with van der Waals surface area (Å²) in [5.41, 5.74) is 6.81. The Morgan fingerprint density at radius 1 is 0.500 bits per heavy atom. The minimum Gasteiger partial charge on any atom is -0.311 e. The average Bonchev–Trinajstić information content (AvgIpc) is 2.84. The van der Waals surface area contributed by atoms with E-state index in [4.69, 9.17) is 0 Å². The smallest absolute Gasteiger partial charge is 0.0542 e. The first kappa shape index (κ1) is 21.1. The molecule has 0 aromatic heterocycles. The van der Waals surface area contributed by atoms with E-state index in [-0.39, 0.29) is 0 Å². The van der Waals surface area contributed by atoms with Crippen molar-refractivity contribution in [1.82, 2.24) is 5.01 Å². The Kier molecular flexibility index (Phi) is 6.78. The first-order valence-electron chi connectivity index (χ1n) is 10.7. The van der Waals surface area contributed by atoms with Crippen molar-refractivity contribution in [3.8, 4) is 0 Å². The molecule has 0 amide bonds. The summed E-state index contributed by atoms with van der Waals surface area (Å²) in [6, 6.07) is 37.9. The molecule has 32 heavy (non-hydrogen) atoms. The lowest BCUT2D eigenvalue weighted by Gasteiger charge is -2.25. The Balaban J connectivity index is 1.53. The van der Waals surface area contributed by atoms with Crippen LogP contribution in [0, 0.1) is 0 Å². The van der Waals surface area contributed by atoms with Gasteiger partial charge in [-0.05, 0) is 53.1 Å².